The maximum absolute atomic E-state index is 2.43. The summed E-state index contributed by atoms with van der Waals surface area (Å²) >= 11 is 0. The van der Waals surface area contributed by atoms with E-state index in [0.717, 1.165) is 0 Å². The molecule has 0 fully saturated rings. The van der Waals surface area contributed by atoms with Crippen molar-refractivity contribution in [3.63, 3.8) is 0 Å². The summed E-state index contributed by atoms with van der Waals surface area (Å²) in [5.74, 6) is 0. The summed E-state index contributed by atoms with van der Waals surface area (Å²) in [5.41, 5.74) is 6.29. The Bertz CT molecular complexity index is 377. The van der Waals surface area contributed by atoms with Gasteiger partial charge in [-0.2, -0.15) is 5.57 Å². The van der Waals surface area contributed by atoms with Crippen LogP contribution in [0.15, 0.2) is 29.8 Å². The number of hydrogen-bond donors (Lipinski definition) is 0. The molecule has 2 aliphatic rings. The van der Waals surface area contributed by atoms with Gasteiger partial charge in [0.1, 0.15) is 0 Å². The largest absolute Gasteiger partial charge is 1.00 e. The second kappa shape index (κ2) is 4.54. The fourth-order valence-electron chi connectivity index (χ4n) is 2.50. The van der Waals surface area contributed by atoms with Gasteiger partial charge in [0.2, 0.25) is 0 Å². The molecule has 0 radical (unpaired) electrons. The van der Waals surface area contributed by atoms with Crippen LogP contribution in [0, 0.1) is 6.42 Å². The van der Waals surface area contributed by atoms with E-state index in [1.807, 2.05) is 0 Å². The standard InChI is InChI=1S/C13H13.K/c1-3-7-12-10(5-1)9-11-6-2-4-8-13(11)12;/h1,3,5-7H,2,4,8-9H2;/q-1;+1. The van der Waals surface area contributed by atoms with Crippen molar-refractivity contribution in [1.82, 2.24) is 0 Å². The smallest absolute Gasteiger partial charge is 0.226 e. The Hall–Kier alpha value is 0.466. The first-order chi connectivity index (χ1) is 6.45. The fourth-order valence-corrected chi connectivity index (χ4v) is 2.50. The van der Waals surface area contributed by atoms with Gasteiger partial charge in [-0.1, -0.05) is 42.7 Å². The summed E-state index contributed by atoms with van der Waals surface area (Å²) in [6.45, 7) is 0. The van der Waals surface area contributed by atoms with Crippen LogP contribution >= 0.6 is 0 Å². The Balaban J connectivity index is 0.000000750. The van der Waals surface area contributed by atoms with E-state index in [0.29, 0.717) is 0 Å². The van der Waals surface area contributed by atoms with Crippen molar-refractivity contribution < 1.29 is 51.4 Å². The van der Waals surface area contributed by atoms with Crippen LogP contribution in [0.25, 0.3) is 5.57 Å². The van der Waals surface area contributed by atoms with E-state index >= 15 is 0 Å². The first-order valence-electron chi connectivity index (χ1n) is 5.08. The van der Waals surface area contributed by atoms with Gasteiger partial charge in [-0.15, -0.1) is 12.0 Å². The van der Waals surface area contributed by atoms with Crippen molar-refractivity contribution in [2.24, 2.45) is 0 Å². The van der Waals surface area contributed by atoms with Crippen LogP contribution in [0.4, 0.5) is 0 Å². The predicted octanol–water partition coefficient (Wildman–Crippen LogP) is 0.388. The van der Waals surface area contributed by atoms with E-state index < -0.39 is 0 Å². The van der Waals surface area contributed by atoms with Gasteiger partial charge >= 0.3 is 51.4 Å². The quantitative estimate of drug-likeness (QED) is 0.427. The molecule has 1 aromatic rings. The van der Waals surface area contributed by atoms with E-state index in [9.17, 15) is 0 Å². The zero-order valence-corrected chi connectivity index (χ0v) is 11.8. The second-order valence-electron chi connectivity index (χ2n) is 3.93. The van der Waals surface area contributed by atoms with Crippen molar-refractivity contribution in [3.8, 4) is 0 Å². The SMILES string of the molecule is [K+].c1ccc2c(c1)CC1=C2CCC[CH-]1. The Labute approximate surface area is 128 Å². The molecular formula is C13H13K. The van der Waals surface area contributed by atoms with Crippen molar-refractivity contribution in [1.29, 1.82) is 0 Å². The van der Waals surface area contributed by atoms with Crippen molar-refractivity contribution in [2.45, 2.75) is 25.7 Å². The molecule has 0 spiro atoms. The fraction of sp³-hybridized carbons (Fsp3) is 0.308. The average Bonchev–Trinajstić information content (AvgIpc) is 2.56. The third kappa shape index (κ3) is 1.77. The second-order valence-corrected chi connectivity index (χ2v) is 3.93. The van der Waals surface area contributed by atoms with E-state index in [2.05, 4.69) is 30.7 Å². The van der Waals surface area contributed by atoms with Crippen LogP contribution in [-0.4, -0.2) is 0 Å². The Kier molecular flexibility index (Phi) is 3.56. The summed E-state index contributed by atoms with van der Waals surface area (Å²) in [7, 11) is 0. The Morgan fingerprint density at radius 3 is 2.93 bits per heavy atom. The molecule has 0 aliphatic heterocycles. The van der Waals surface area contributed by atoms with Crippen LogP contribution < -0.4 is 51.4 Å². The maximum atomic E-state index is 2.43. The molecule has 0 nitrogen and oxygen atoms in total. The minimum atomic E-state index is 0. The normalized spacial score (nSPS) is 18.0. The topological polar surface area (TPSA) is 0 Å². The average molecular weight is 208 g/mol. The molecule has 0 saturated carbocycles. The van der Waals surface area contributed by atoms with Gasteiger partial charge in [0.25, 0.3) is 0 Å². The third-order valence-electron chi connectivity index (χ3n) is 3.13. The number of benzene rings is 1. The molecule has 0 heterocycles. The molecule has 2 aliphatic carbocycles. The summed E-state index contributed by atoms with van der Waals surface area (Å²) in [6.07, 6.45) is 7.53. The summed E-state index contributed by atoms with van der Waals surface area (Å²) in [5, 5.41) is 0. The van der Waals surface area contributed by atoms with E-state index in [-0.39, 0.29) is 51.4 Å². The van der Waals surface area contributed by atoms with Crippen LogP contribution in [0.5, 0.6) is 0 Å². The number of fused-ring (bicyclic) bond motifs is 2. The monoisotopic (exact) mass is 208 g/mol. The molecule has 0 bridgehead atoms. The van der Waals surface area contributed by atoms with Gasteiger partial charge in [-0.05, 0) is 6.42 Å². The molecule has 0 saturated heterocycles. The number of hydrogen-bond acceptors (Lipinski definition) is 0. The first kappa shape index (κ1) is 11.0. The van der Waals surface area contributed by atoms with Crippen molar-refractivity contribution in [3.05, 3.63) is 47.4 Å². The molecule has 1 heteroatoms. The summed E-state index contributed by atoms with van der Waals surface area (Å²) < 4.78 is 0. The van der Waals surface area contributed by atoms with Crippen LogP contribution in [-0.2, 0) is 6.42 Å². The van der Waals surface area contributed by atoms with E-state index in [1.54, 1.807) is 11.1 Å². The third-order valence-corrected chi connectivity index (χ3v) is 3.13. The number of rotatable bonds is 0. The van der Waals surface area contributed by atoms with Gasteiger partial charge in [-0.3, -0.25) is 0 Å². The van der Waals surface area contributed by atoms with Gasteiger partial charge in [0, 0.05) is 0 Å². The molecule has 0 unspecified atom stereocenters. The molecule has 0 aromatic heterocycles. The molecule has 66 valence electrons. The summed E-state index contributed by atoms with van der Waals surface area (Å²) in [4.78, 5) is 0. The molecule has 3 rings (SSSR count). The van der Waals surface area contributed by atoms with E-state index in [1.165, 1.54) is 36.8 Å². The van der Waals surface area contributed by atoms with Crippen LogP contribution in [0.3, 0.4) is 0 Å². The van der Waals surface area contributed by atoms with E-state index in [4.69, 9.17) is 0 Å². The molecule has 14 heavy (non-hydrogen) atoms. The molecule has 0 N–H and O–H groups in total. The Morgan fingerprint density at radius 2 is 2.00 bits per heavy atom. The predicted molar refractivity (Wildman–Crippen MR) is 55.2 cm³/mol. The first-order valence-corrected chi connectivity index (χ1v) is 5.08. The number of allylic oxidation sites excluding steroid dienone is 2. The van der Waals surface area contributed by atoms with Crippen LogP contribution in [0.2, 0.25) is 0 Å². The van der Waals surface area contributed by atoms with Gasteiger partial charge in [-0.25, -0.2) is 12.0 Å². The zero-order chi connectivity index (χ0) is 8.67. The minimum absolute atomic E-state index is 0. The van der Waals surface area contributed by atoms with Crippen molar-refractivity contribution >= 4 is 5.57 Å². The summed E-state index contributed by atoms with van der Waals surface area (Å²) in [6, 6.07) is 8.85. The maximum Gasteiger partial charge on any atom is 1.00 e. The Morgan fingerprint density at radius 1 is 1.14 bits per heavy atom. The van der Waals surface area contributed by atoms with Crippen molar-refractivity contribution in [2.75, 3.05) is 0 Å². The van der Waals surface area contributed by atoms with Gasteiger partial charge in [0.05, 0.1) is 0 Å². The minimum Gasteiger partial charge on any atom is -0.226 e. The molecule has 1 aromatic carbocycles. The van der Waals surface area contributed by atoms with Crippen LogP contribution in [0.1, 0.15) is 30.4 Å². The zero-order valence-electron chi connectivity index (χ0n) is 8.72. The van der Waals surface area contributed by atoms with Gasteiger partial charge in [0.15, 0.2) is 0 Å². The molecule has 0 atom stereocenters. The molecule has 0 amide bonds. The molecular weight excluding hydrogens is 195 g/mol. The van der Waals surface area contributed by atoms with Gasteiger partial charge < -0.3 is 0 Å².